The van der Waals surface area contributed by atoms with Crippen LogP contribution in [-0.4, -0.2) is 35.4 Å². The Bertz CT molecular complexity index is 755. The van der Waals surface area contributed by atoms with Gasteiger partial charge in [0.2, 0.25) is 0 Å². The summed E-state index contributed by atoms with van der Waals surface area (Å²) < 4.78 is 25.5. The van der Waals surface area contributed by atoms with Crippen molar-refractivity contribution in [2.45, 2.75) is 18.9 Å². The number of hydrogen-bond acceptors (Lipinski definition) is 3. The van der Waals surface area contributed by atoms with Crippen LogP contribution in [-0.2, 0) is 16.3 Å². The van der Waals surface area contributed by atoms with Crippen molar-refractivity contribution in [3.8, 4) is 0 Å². The fourth-order valence-corrected chi connectivity index (χ4v) is 4.80. The molecular formula is C13H14Cl2N2O2S. The second-order valence-corrected chi connectivity index (χ2v) is 8.07. The summed E-state index contributed by atoms with van der Waals surface area (Å²) in [5, 5.41) is 0.622. The van der Waals surface area contributed by atoms with Gasteiger partial charge in [-0.3, -0.25) is 0 Å². The third kappa shape index (κ3) is 2.54. The second kappa shape index (κ2) is 5.20. The number of fused-ring (bicyclic) bond motifs is 1. The Kier molecular flexibility index (Phi) is 3.69. The van der Waals surface area contributed by atoms with E-state index in [2.05, 4.69) is 4.98 Å². The van der Waals surface area contributed by atoms with Crippen molar-refractivity contribution in [1.29, 1.82) is 0 Å². The molecule has 0 bridgehead atoms. The van der Waals surface area contributed by atoms with E-state index >= 15 is 0 Å². The second-order valence-electron chi connectivity index (χ2n) is 5.03. The van der Waals surface area contributed by atoms with Crippen LogP contribution < -0.4 is 0 Å². The van der Waals surface area contributed by atoms with Crippen LogP contribution >= 0.6 is 23.2 Å². The molecule has 0 amide bonds. The molecule has 20 heavy (non-hydrogen) atoms. The van der Waals surface area contributed by atoms with Crippen LogP contribution in [0.25, 0.3) is 11.0 Å². The molecule has 108 valence electrons. The summed E-state index contributed by atoms with van der Waals surface area (Å²) in [5.74, 6) is 1.69. The van der Waals surface area contributed by atoms with Crippen LogP contribution in [0.4, 0.5) is 0 Å². The van der Waals surface area contributed by atoms with Crippen molar-refractivity contribution in [2.75, 3.05) is 17.4 Å². The summed E-state index contributed by atoms with van der Waals surface area (Å²) in [4.78, 5) is 4.56. The third-order valence-electron chi connectivity index (χ3n) is 3.62. The molecule has 0 N–H and O–H groups in total. The molecule has 4 nitrogen and oxygen atoms in total. The van der Waals surface area contributed by atoms with Crippen molar-refractivity contribution in [3.05, 3.63) is 29.0 Å². The fraction of sp³-hybridized carbons (Fsp3) is 0.462. The van der Waals surface area contributed by atoms with E-state index in [1.807, 2.05) is 16.7 Å². The first kappa shape index (κ1) is 14.2. The Labute approximate surface area is 127 Å². The largest absolute Gasteiger partial charge is 0.324 e. The van der Waals surface area contributed by atoms with E-state index in [4.69, 9.17) is 23.2 Å². The SMILES string of the molecule is O=S1(=O)CCC(n2c(CCCl)nc3ccc(Cl)cc32)C1. The maximum atomic E-state index is 11.7. The number of aromatic nitrogens is 2. The van der Waals surface area contributed by atoms with Crippen LogP contribution in [0.2, 0.25) is 5.02 Å². The molecular weight excluding hydrogens is 319 g/mol. The molecule has 1 aromatic heterocycles. The molecule has 0 saturated carbocycles. The molecule has 7 heteroatoms. The molecule has 1 aliphatic heterocycles. The smallest absolute Gasteiger partial charge is 0.152 e. The Morgan fingerprint density at radius 1 is 1.40 bits per heavy atom. The average Bonchev–Trinajstić information content (AvgIpc) is 2.89. The van der Waals surface area contributed by atoms with Gasteiger partial charge in [-0.15, -0.1) is 11.6 Å². The highest BCUT2D eigenvalue weighted by atomic mass is 35.5. The first-order chi connectivity index (χ1) is 9.50. The maximum Gasteiger partial charge on any atom is 0.152 e. The molecule has 0 aliphatic carbocycles. The topological polar surface area (TPSA) is 52.0 Å². The minimum absolute atomic E-state index is 0.0679. The molecule has 2 heterocycles. The van der Waals surface area contributed by atoms with E-state index in [1.54, 1.807) is 6.07 Å². The van der Waals surface area contributed by atoms with Gasteiger partial charge < -0.3 is 4.57 Å². The number of imidazole rings is 1. The monoisotopic (exact) mass is 332 g/mol. The predicted octanol–water partition coefficient (Wildman–Crippen LogP) is 2.83. The van der Waals surface area contributed by atoms with Crippen molar-refractivity contribution >= 4 is 44.1 Å². The minimum atomic E-state index is -2.95. The highest BCUT2D eigenvalue weighted by Crippen LogP contribution is 2.31. The van der Waals surface area contributed by atoms with Crippen LogP contribution in [0, 0.1) is 0 Å². The zero-order chi connectivity index (χ0) is 14.3. The van der Waals surface area contributed by atoms with E-state index in [9.17, 15) is 8.42 Å². The molecule has 1 unspecified atom stereocenters. The van der Waals surface area contributed by atoms with Crippen LogP contribution in [0.3, 0.4) is 0 Å². The number of nitrogens with zero attached hydrogens (tertiary/aromatic N) is 2. The van der Waals surface area contributed by atoms with Crippen LogP contribution in [0.15, 0.2) is 18.2 Å². The summed E-state index contributed by atoms with van der Waals surface area (Å²) in [5.41, 5.74) is 1.72. The molecule has 1 aromatic carbocycles. The van der Waals surface area contributed by atoms with Gasteiger partial charge in [-0.05, 0) is 24.6 Å². The van der Waals surface area contributed by atoms with E-state index in [0.29, 0.717) is 23.7 Å². The third-order valence-corrected chi connectivity index (χ3v) is 5.79. The number of alkyl halides is 1. The van der Waals surface area contributed by atoms with E-state index in [0.717, 1.165) is 16.9 Å². The van der Waals surface area contributed by atoms with Gasteiger partial charge in [0.15, 0.2) is 9.84 Å². The van der Waals surface area contributed by atoms with Gasteiger partial charge in [0, 0.05) is 17.3 Å². The molecule has 2 aromatic rings. The van der Waals surface area contributed by atoms with Crippen LogP contribution in [0.1, 0.15) is 18.3 Å². The Morgan fingerprint density at radius 2 is 2.20 bits per heavy atom. The van der Waals surface area contributed by atoms with Crippen molar-refractivity contribution in [3.63, 3.8) is 0 Å². The number of sulfone groups is 1. The van der Waals surface area contributed by atoms with Gasteiger partial charge in [-0.1, -0.05) is 11.6 Å². The summed E-state index contributed by atoms with van der Waals surface area (Å²) >= 11 is 11.9. The summed E-state index contributed by atoms with van der Waals surface area (Å²) in [6.07, 6.45) is 1.24. The number of benzene rings is 1. The maximum absolute atomic E-state index is 11.7. The van der Waals surface area contributed by atoms with Crippen molar-refractivity contribution in [2.24, 2.45) is 0 Å². The molecule has 0 spiro atoms. The van der Waals surface area contributed by atoms with Crippen LogP contribution in [0.5, 0.6) is 0 Å². The standard InChI is InChI=1S/C13H14Cl2N2O2S/c14-5-3-13-16-11-2-1-9(15)7-12(11)17(13)10-4-6-20(18,19)8-10/h1-2,7,10H,3-6,8H2. The number of halogens is 2. The first-order valence-corrected chi connectivity index (χ1v) is 9.16. The lowest BCUT2D eigenvalue weighted by molar-refractivity contribution is 0.548. The van der Waals surface area contributed by atoms with E-state index in [1.165, 1.54) is 0 Å². The Morgan fingerprint density at radius 3 is 2.85 bits per heavy atom. The average molecular weight is 333 g/mol. The summed E-state index contributed by atoms with van der Waals surface area (Å²) in [6.45, 7) is 0. The zero-order valence-corrected chi connectivity index (χ0v) is 13.0. The van der Waals surface area contributed by atoms with Crippen molar-refractivity contribution < 1.29 is 8.42 Å². The van der Waals surface area contributed by atoms with Gasteiger partial charge in [-0.25, -0.2) is 13.4 Å². The van der Waals surface area contributed by atoms with Gasteiger partial charge >= 0.3 is 0 Å². The van der Waals surface area contributed by atoms with Gasteiger partial charge in [0.05, 0.1) is 28.6 Å². The molecule has 1 saturated heterocycles. The van der Waals surface area contributed by atoms with E-state index in [-0.39, 0.29) is 17.5 Å². The lowest BCUT2D eigenvalue weighted by Gasteiger charge is -2.15. The minimum Gasteiger partial charge on any atom is -0.324 e. The zero-order valence-electron chi connectivity index (χ0n) is 10.7. The lowest BCUT2D eigenvalue weighted by atomic mass is 10.2. The summed E-state index contributed by atoms with van der Waals surface area (Å²) in [6, 6.07) is 5.42. The van der Waals surface area contributed by atoms with Gasteiger partial charge in [0.25, 0.3) is 0 Å². The quantitative estimate of drug-likeness (QED) is 0.812. The number of aryl methyl sites for hydroxylation is 1. The molecule has 1 atom stereocenters. The summed E-state index contributed by atoms with van der Waals surface area (Å²) in [7, 11) is -2.95. The highest BCUT2D eigenvalue weighted by Gasteiger charge is 2.31. The lowest BCUT2D eigenvalue weighted by Crippen LogP contribution is -2.14. The normalized spacial score (nSPS) is 21.6. The van der Waals surface area contributed by atoms with Crippen molar-refractivity contribution in [1.82, 2.24) is 9.55 Å². The molecule has 0 radical (unpaired) electrons. The predicted molar refractivity (Wildman–Crippen MR) is 81.5 cm³/mol. The van der Waals surface area contributed by atoms with E-state index < -0.39 is 9.84 Å². The number of rotatable bonds is 3. The fourth-order valence-electron chi connectivity index (χ4n) is 2.76. The van der Waals surface area contributed by atoms with Gasteiger partial charge in [-0.2, -0.15) is 0 Å². The molecule has 3 rings (SSSR count). The molecule has 1 aliphatic rings. The number of hydrogen-bond donors (Lipinski definition) is 0. The highest BCUT2D eigenvalue weighted by molar-refractivity contribution is 7.91. The first-order valence-electron chi connectivity index (χ1n) is 6.43. The Hall–Kier alpha value is -0.780. The Balaban J connectivity index is 2.15. The van der Waals surface area contributed by atoms with Gasteiger partial charge in [0.1, 0.15) is 5.82 Å². The molecule has 1 fully saturated rings.